The molecule has 5 nitrogen and oxygen atoms in total. The van der Waals surface area contributed by atoms with E-state index in [1.807, 2.05) is 0 Å². The molecule has 0 radical (unpaired) electrons. The molecule has 2 bridgehead atoms. The van der Waals surface area contributed by atoms with Crippen LogP contribution in [0.15, 0.2) is 0 Å². The summed E-state index contributed by atoms with van der Waals surface area (Å²) < 4.78 is 0. The third kappa shape index (κ3) is 8.90. The van der Waals surface area contributed by atoms with Crippen LogP contribution in [0.5, 0.6) is 0 Å². The van der Waals surface area contributed by atoms with Crippen molar-refractivity contribution in [1.82, 2.24) is 24.5 Å². The van der Waals surface area contributed by atoms with Crippen molar-refractivity contribution in [2.24, 2.45) is 0 Å². The summed E-state index contributed by atoms with van der Waals surface area (Å²) in [7, 11) is 0. The van der Waals surface area contributed by atoms with E-state index in [1.54, 1.807) is 0 Å². The average molecular weight is 422 g/mol. The standard InChI is InChI=1S/C18H39N5S3/c24-16-13-21-7-1-19-2-8-22(14-17-25)11-5-20(4-10-21)6-12-23(9-3-19)15-18-26/h24-26H,1-18H2. The molecule has 3 saturated heterocycles. The highest BCUT2D eigenvalue weighted by molar-refractivity contribution is 7.80. The lowest BCUT2D eigenvalue weighted by molar-refractivity contribution is 0.108. The zero-order valence-electron chi connectivity index (χ0n) is 16.3. The molecular weight excluding hydrogens is 382 g/mol. The van der Waals surface area contributed by atoms with Crippen LogP contribution in [0.4, 0.5) is 0 Å². The minimum atomic E-state index is 0.950. The SMILES string of the molecule is SCCN1CCN2CCN(CCS)CCN(CC1)CCN(CCS)CC2. The second kappa shape index (κ2) is 13.9. The van der Waals surface area contributed by atoms with Crippen molar-refractivity contribution in [3.05, 3.63) is 0 Å². The Morgan fingerprint density at radius 2 is 0.615 bits per heavy atom. The van der Waals surface area contributed by atoms with Crippen LogP contribution in [-0.4, -0.2) is 140 Å². The number of fused-ring (bicyclic) bond motifs is 12. The summed E-state index contributed by atoms with van der Waals surface area (Å²) >= 11 is 13.4. The molecule has 0 amide bonds. The maximum Gasteiger partial charge on any atom is 0.0110 e. The third-order valence-electron chi connectivity index (χ3n) is 5.64. The second-order valence-corrected chi connectivity index (χ2v) is 8.72. The van der Waals surface area contributed by atoms with Gasteiger partial charge >= 0.3 is 0 Å². The number of hydrogen-bond acceptors (Lipinski definition) is 8. The van der Waals surface area contributed by atoms with Gasteiger partial charge < -0.3 is 0 Å². The van der Waals surface area contributed by atoms with Gasteiger partial charge in [-0.1, -0.05) is 0 Å². The number of rotatable bonds is 6. The largest absolute Gasteiger partial charge is 0.300 e. The third-order valence-corrected chi connectivity index (χ3v) is 6.24. The Morgan fingerprint density at radius 1 is 0.385 bits per heavy atom. The van der Waals surface area contributed by atoms with Gasteiger partial charge in [0.1, 0.15) is 0 Å². The molecule has 3 fully saturated rings. The Hall–Kier alpha value is 0.850. The van der Waals surface area contributed by atoms with E-state index in [2.05, 4.69) is 62.4 Å². The van der Waals surface area contributed by atoms with Crippen LogP contribution in [0.3, 0.4) is 0 Å². The minimum Gasteiger partial charge on any atom is -0.300 e. The molecule has 3 heterocycles. The molecule has 3 rings (SSSR count). The van der Waals surface area contributed by atoms with Crippen molar-refractivity contribution in [2.45, 2.75) is 0 Å². The molecular formula is C18H39N5S3. The first-order valence-corrected chi connectivity index (χ1v) is 12.1. The Kier molecular flexibility index (Phi) is 12.4. The molecule has 0 aliphatic carbocycles. The maximum absolute atomic E-state index is 4.47. The van der Waals surface area contributed by atoms with E-state index in [0.29, 0.717) is 0 Å². The van der Waals surface area contributed by atoms with Gasteiger partial charge in [0, 0.05) is 115 Å². The number of thiol groups is 3. The smallest absolute Gasteiger partial charge is 0.0110 e. The van der Waals surface area contributed by atoms with Crippen molar-refractivity contribution in [2.75, 3.05) is 115 Å². The van der Waals surface area contributed by atoms with Crippen LogP contribution in [0.1, 0.15) is 0 Å². The summed E-state index contributed by atoms with van der Waals surface area (Å²) in [5.41, 5.74) is 0. The second-order valence-electron chi connectivity index (χ2n) is 7.38. The van der Waals surface area contributed by atoms with Gasteiger partial charge in [-0.25, -0.2) is 0 Å². The van der Waals surface area contributed by atoms with Crippen LogP contribution in [0.25, 0.3) is 0 Å². The first-order chi connectivity index (χ1) is 12.7. The van der Waals surface area contributed by atoms with Crippen LogP contribution in [0, 0.1) is 0 Å². The molecule has 0 spiro atoms. The van der Waals surface area contributed by atoms with Crippen LogP contribution >= 0.6 is 37.9 Å². The van der Waals surface area contributed by atoms with Crippen molar-refractivity contribution in [3.63, 3.8) is 0 Å². The molecule has 3 aliphatic rings. The molecule has 0 aromatic carbocycles. The molecule has 0 saturated carbocycles. The van der Waals surface area contributed by atoms with E-state index in [-0.39, 0.29) is 0 Å². The molecule has 0 aromatic rings. The fourth-order valence-electron chi connectivity index (χ4n) is 3.80. The zero-order chi connectivity index (χ0) is 18.6. The lowest BCUT2D eigenvalue weighted by Gasteiger charge is -2.37. The highest BCUT2D eigenvalue weighted by Crippen LogP contribution is 2.05. The van der Waals surface area contributed by atoms with E-state index in [9.17, 15) is 0 Å². The molecule has 0 unspecified atom stereocenters. The Balaban J connectivity index is 2.09. The predicted molar refractivity (Wildman–Crippen MR) is 124 cm³/mol. The molecule has 26 heavy (non-hydrogen) atoms. The Morgan fingerprint density at radius 3 is 0.808 bits per heavy atom. The number of nitrogens with zero attached hydrogens (tertiary/aromatic N) is 5. The van der Waals surface area contributed by atoms with E-state index < -0.39 is 0 Å². The molecule has 8 heteroatoms. The van der Waals surface area contributed by atoms with Crippen LogP contribution in [-0.2, 0) is 0 Å². The van der Waals surface area contributed by atoms with Crippen molar-refractivity contribution in [3.8, 4) is 0 Å². The predicted octanol–water partition coefficient (Wildman–Crippen LogP) is 0.313. The summed E-state index contributed by atoms with van der Waals surface area (Å²) in [6.45, 7) is 17.2. The Labute approximate surface area is 177 Å². The molecule has 0 aromatic heterocycles. The number of hydrogen-bond donors (Lipinski definition) is 3. The van der Waals surface area contributed by atoms with E-state index in [1.165, 1.54) is 0 Å². The van der Waals surface area contributed by atoms with Crippen molar-refractivity contribution in [1.29, 1.82) is 0 Å². The van der Waals surface area contributed by atoms with Crippen molar-refractivity contribution < 1.29 is 0 Å². The van der Waals surface area contributed by atoms with Crippen molar-refractivity contribution >= 4 is 37.9 Å². The lowest BCUT2D eigenvalue weighted by Crippen LogP contribution is -2.50. The summed E-state index contributed by atoms with van der Waals surface area (Å²) in [6, 6.07) is 0. The molecule has 154 valence electrons. The van der Waals surface area contributed by atoms with Gasteiger partial charge in [-0.15, -0.1) is 0 Å². The first-order valence-electron chi connectivity index (χ1n) is 10.2. The highest BCUT2D eigenvalue weighted by Gasteiger charge is 2.19. The van der Waals surface area contributed by atoms with Gasteiger partial charge in [-0.05, 0) is 0 Å². The topological polar surface area (TPSA) is 16.2 Å². The summed E-state index contributed by atoms with van der Waals surface area (Å²) in [5.74, 6) is 2.85. The summed E-state index contributed by atoms with van der Waals surface area (Å²) in [5, 5.41) is 0. The lowest BCUT2D eigenvalue weighted by atomic mass is 10.3. The summed E-state index contributed by atoms with van der Waals surface area (Å²) in [4.78, 5) is 13.2. The fourth-order valence-corrected chi connectivity index (χ4v) is 4.65. The van der Waals surface area contributed by atoms with Crippen LogP contribution in [0.2, 0.25) is 0 Å². The van der Waals surface area contributed by atoms with Gasteiger partial charge in [-0.3, -0.25) is 24.5 Å². The summed E-state index contributed by atoms with van der Waals surface area (Å²) in [6.07, 6.45) is 0. The molecule has 0 atom stereocenters. The molecule has 0 N–H and O–H groups in total. The fraction of sp³-hybridized carbons (Fsp3) is 1.00. The van der Waals surface area contributed by atoms with Gasteiger partial charge in [0.15, 0.2) is 0 Å². The van der Waals surface area contributed by atoms with Gasteiger partial charge in [0.05, 0.1) is 0 Å². The zero-order valence-corrected chi connectivity index (χ0v) is 19.0. The van der Waals surface area contributed by atoms with E-state index >= 15 is 0 Å². The van der Waals surface area contributed by atoms with Crippen LogP contribution < -0.4 is 0 Å². The minimum absolute atomic E-state index is 0.950. The maximum atomic E-state index is 4.47. The molecule has 3 aliphatic heterocycles. The first kappa shape index (κ1) is 23.1. The highest BCUT2D eigenvalue weighted by atomic mass is 32.1. The van der Waals surface area contributed by atoms with Gasteiger partial charge in [0.2, 0.25) is 0 Å². The van der Waals surface area contributed by atoms with E-state index in [4.69, 9.17) is 0 Å². The van der Waals surface area contributed by atoms with E-state index in [0.717, 1.165) is 115 Å². The van der Waals surface area contributed by atoms with Gasteiger partial charge in [-0.2, -0.15) is 37.9 Å². The van der Waals surface area contributed by atoms with Gasteiger partial charge in [0.25, 0.3) is 0 Å². The normalized spacial score (nSPS) is 28.7. The average Bonchev–Trinajstić information content (AvgIpc) is 2.62. The Bertz CT molecular complexity index is 287. The quantitative estimate of drug-likeness (QED) is 0.534. The monoisotopic (exact) mass is 421 g/mol.